The van der Waals surface area contributed by atoms with Crippen molar-refractivity contribution in [3.63, 3.8) is 0 Å². The fourth-order valence-electron chi connectivity index (χ4n) is 8.36. The Kier molecular flexibility index (Phi) is 12.1. The Balaban J connectivity index is 1.00. The maximum absolute atomic E-state index is 12.7. The zero-order valence-corrected chi connectivity index (χ0v) is 32.0. The van der Waals surface area contributed by atoms with Gasteiger partial charge in [0.1, 0.15) is 30.0 Å². The van der Waals surface area contributed by atoms with Gasteiger partial charge in [-0.25, -0.2) is 4.68 Å². The minimum Gasteiger partial charge on any atom is -0.394 e. The SMILES string of the molecule is CCN1\C(=C/C=C/C=C/C2N(CCCCCC(=O)NCc3cn(C4[C@@H](O)[C@H](O)C(CO)O[C@@H]4O)nn3)c3ccccc3C2(C)C)C(C)(C)c2ccccc21. The Labute approximate surface area is 318 Å². The van der Waals surface area contributed by atoms with Crippen LogP contribution in [0, 0.1) is 0 Å². The van der Waals surface area contributed by atoms with Crippen LogP contribution >= 0.6 is 0 Å². The van der Waals surface area contributed by atoms with Crippen molar-refractivity contribution in [2.75, 3.05) is 29.5 Å². The second-order valence-corrected chi connectivity index (χ2v) is 15.6. The summed E-state index contributed by atoms with van der Waals surface area (Å²) in [6.07, 6.45) is 10.0. The number of ether oxygens (including phenoxy) is 1. The van der Waals surface area contributed by atoms with Crippen molar-refractivity contribution in [2.45, 2.75) is 114 Å². The molecule has 0 spiro atoms. The highest BCUT2D eigenvalue weighted by Crippen LogP contribution is 2.48. The number of carbonyl (C=O) groups excluding carboxylic acids is 1. The standard InChI is InChI=1S/C42H56N6O6/c1-6-46-31-19-14-12-17-29(31)41(2,3)34(46)21-9-7-10-22-35-42(4,5)30-18-13-15-20-32(30)47(35)24-16-8-11-23-36(50)43-25-28-26-48(45-44-28)37-39(52)38(51)33(27-49)54-40(37)53/h7,9-10,12-15,17-22,26,33,35,37-40,49,51-53H,6,8,11,16,23-25,27H2,1-5H3,(H,43,50)/b9-7+,22-10+,34-21-/t33?,35?,37?,38-,39-,40+/m1/s1. The van der Waals surface area contributed by atoms with Crippen molar-refractivity contribution in [1.82, 2.24) is 20.3 Å². The van der Waals surface area contributed by atoms with E-state index in [0.29, 0.717) is 12.1 Å². The number of fused-ring (bicyclic) bond motifs is 2. The summed E-state index contributed by atoms with van der Waals surface area (Å²) in [4.78, 5) is 17.6. The molecule has 0 bridgehead atoms. The third-order valence-electron chi connectivity index (χ3n) is 11.4. The zero-order chi connectivity index (χ0) is 38.6. The Morgan fingerprint density at radius 3 is 2.39 bits per heavy atom. The van der Waals surface area contributed by atoms with E-state index >= 15 is 0 Å². The molecule has 2 aromatic carbocycles. The van der Waals surface area contributed by atoms with Crippen molar-refractivity contribution in [2.24, 2.45) is 0 Å². The van der Waals surface area contributed by atoms with Gasteiger partial charge < -0.3 is 40.3 Å². The highest BCUT2D eigenvalue weighted by atomic mass is 16.6. The molecule has 1 fully saturated rings. The molecule has 1 amide bonds. The van der Waals surface area contributed by atoms with Crippen LogP contribution in [-0.4, -0.2) is 91.7 Å². The number of likely N-dealkylation sites (N-methyl/N-ethyl adjacent to an activating group) is 1. The number of allylic oxidation sites excluding steroid dienone is 5. The Morgan fingerprint density at radius 2 is 1.65 bits per heavy atom. The molecule has 54 heavy (non-hydrogen) atoms. The maximum Gasteiger partial charge on any atom is 0.220 e. The van der Waals surface area contributed by atoms with E-state index in [2.05, 4.69) is 139 Å². The number of para-hydroxylation sites is 2. The van der Waals surface area contributed by atoms with Gasteiger partial charge >= 0.3 is 0 Å². The predicted molar refractivity (Wildman–Crippen MR) is 209 cm³/mol. The lowest BCUT2D eigenvalue weighted by molar-refractivity contribution is -0.265. The van der Waals surface area contributed by atoms with Crippen molar-refractivity contribution in [1.29, 1.82) is 0 Å². The van der Waals surface area contributed by atoms with Gasteiger partial charge in [0.15, 0.2) is 6.29 Å². The topological polar surface area (TPSA) is 156 Å². The number of benzene rings is 2. The summed E-state index contributed by atoms with van der Waals surface area (Å²) < 4.78 is 6.42. The van der Waals surface area contributed by atoms with Gasteiger partial charge in [-0.1, -0.05) is 100 Å². The van der Waals surface area contributed by atoms with Gasteiger partial charge in [0.2, 0.25) is 5.91 Å². The number of hydrogen-bond donors (Lipinski definition) is 5. The molecule has 290 valence electrons. The normalized spacial score (nSPS) is 26.6. The van der Waals surface area contributed by atoms with Crippen LogP contribution in [-0.2, 0) is 26.9 Å². The van der Waals surface area contributed by atoms with Gasteiger partial charge in [0.25, 0.3) is 0 Å². The van der Waals surface area contributed by atoms with Gasteiger partial charge in [-0.05, 0) is 49.1 Å². The second kappa shape index (κ2) is 16.6. The smallest absolute Gasteiger partial charge is 0.220 e. The number of aliphatic hydroxyl groups excluding tert-OH is 4. The monoisotopic (exact) mass is 740 g/mol. The number of rotatable bonds is 14. The van der Waals surface area contributed by atoms with Gasteiger partial charge in [-0.15, -0.1) is 5.10 Å². The van der Waals surface area contributed by atoms with E-state index in [9.17, 15) is 25.2 Å². The number of aromatic nitrogens is 3. The van der Waals surface area contributed by atoms with Crippen molar-refractivity contribution < 1.29 is 30.0 Å². The summed E-state index contributed by atoms with van der Waals surface area (Å²) in [5.74, 6) is -0.103. The zero-order valence-electron chi connectivity index (χ0n) is 32.0. The van der Waals surface area contributed by atoms with E-state index < -0.39 is 37.3 Å². The quantitative estimate of drug-likeness (QED) is 0.119. The average molecular weight is 741 g/mol. The van der Waals surface area contributed by atoms with E-state index in [0.717, 1.165) is 32.4 Å². The van der Waals surface area contributed by atoms with Crippen LogP contribution in [0.25, 0.3) is 0 Å². The molecule has 3 aliphatic rings. The summed E-state index contributed by atoms with van der Waals surface area (Å²) in [5.41, 5.74) is 6.86. The molecule has 4 heterocycles. The summed E-state index contributed by atoms with van der Waals surface area (Å²) in [7, 11) is 0. The number of nitrogens with zero attached hydrogens (tertiary/aromatic N) is 5. The van der Waals surface area contributed by atoms with Crippen LogP contribution in [0.2, 0.25) is 0 Å². The number of carbonyl (C=O) groups is 1. The molecular weight excluding hydrogens is 684 g/mol. The van der Waals surface area contributed by atoms with Crippen LogP contribution < -0.4 is 15.1 Å². The second-order valence-electron chi connectivity index (χ2n) is 15.6. The lowest BCUT2D eigenvalue weighted by Gasteiger charge is -2.39. The van der Waals surface area contributed by atoms with E-state index in [1.165, 1.54) is 39.1 Å². The number of amides is 1. The predicted octanol–water partition coefficient (Wildman–Crippen LogP) is 4.41. The van der Waals surface area contributed by atoms with E-state index in [1.807, 2.05) is 0 Å². The number of nitrogens with one attached hydrogen (secondary N) is 1. The highest BCUT2D eigenvalue weighted by Gasteiger charge is 2.46. The molecule has 3 aromatic rings. The van der Waals surface area contributed by atoms with Gasteiger partial charge in [0, 0.05) is 47.4 Å². The van der Waals surface area contributed by atoms with E-state index in [1.54, 1.807) is 0 Å². The molecule has 1 aromatic heterocycles. The van der Waals surface area contributed by atoms with Crippen LogP contribution in [0.1, 0.15) is 83.2 Å². The summed E-state index contributed by atoms with van der Waals surface area (Å²) in [5, 5.41) is 51.1. The van der Waals surface area contributed by atoms with Gasteiger partial charge in [-0.3, -0.25) is 4.79 Å². The number of unbranched alkanes of at least 4 members (excludes halogenated alkanes) is 2. The first kappa shape index (κ1) is 39.4. The molecule has 6 atom stereocenters. The van der Waals surface area contributed by atoms with Gasteiger partial charge in [0.05, 0.1) is 25.4 Å². The molecular formula is C42H56N6O6. The Bertz CT molecular complexity index is 1850. The summed E-state index contributed by atoms with van der Waals surface area (Å²) >= 11 is 0. The van der Waals surface area contributed by atoms with Crippen molar-refractivity contribution in [3.05, 3.63) is 108 Å². The Morgan fingerprint density at radius 1 is 0.926 bits per heavy atom. The molecule has 0 aliphatic carbocycles. The maximum atomic E-state index is 12.7. The fraction of sp³-hybridized carbons (Fsp3) is 0.500. The lowest BCUT2D eigenvalue weighted by Crippen LogP contribution is -2.56. The summed E-state index contributed by atoms with van der Waals surface area (Å²) in [6.45, 7) is 12.8. The molecule has 5 N–H and O–H groups in total. The number of hydrogen-bond acceptors (Lipinski definition) is 10. The van der Waals surface area contributed by atoms with Crippen molar-refractivity contribution in [3.8, 4) is 0 Å². The van der Waals surface area contributed by atoms with Crippen LogP contribution in [0.4, 0.5) is 11.4 Å². The van der Waals surface area contributed by atoms with Crippen LogP contribution in [0.15, 0.2) is 90.8 Å². The minimum atomic E-state index is -1.50. The highest BCUT2D eigenvalue weighted by molar-refractivity contribution is 5.75. The lowest BCUT2D eigenvalue weighted by atomic mass is 9.80. The average Bonchev–Trinajstić information content (AvgIpc) is 3.77. The number of aliphatic hydroxyl groups is 4. The number of anilines is 2. The van der Waals surface area contributed by atoms with Crippen LogP contribution in [0.3, 0.4) is 0 Å². The molecule has 12 nitrogen and oxygen atoms in total. The molecule has 1 saturated heterocycles. The van der Waals surface area contributed by atoms with Crippen LogP contribution in [0.5, 0.6) is 0 Å². The van der Waals surface area contributed by atoms with Gasteiger partial charge in [-0.2, -0.15) is 0 Å². The molecule has 0 saturated carbocycles. The fourth-order valence-corrected chi connectivity index (χ4v) is 8.36. The first-order valence-electron chi connectivity index (χ1n) is 19.2. The largest absolute Gasteiger partial charge is 0.394 e. The molecule has 3 aliphatic heterocycles. The molecule has 3 unspecified atom stereocenters. The first-order chi connectivity index (χ1) is 25.9. The van der Waals surface area contributed by atoms with Crippen molar-refractivity contribution >= 4 is 17.3 Å². The molecule has 12 heteroatoms. The molecule has 6 rings (SSSR count). The third kappa shape index (κ3) is 7.76. The minimum absolute atomic E-state index is 0.0610. The Hall–Kier alpha value is -4.33. The summed E-state index contributed by atoms with van der Waals surface area (Å²) in [6, 6.07) is 16.4. The third-order valence-corrected chi connectivity index (χ3v) is 11.4. The first-order valence-corrected chi connectivity index (χ1v) is 19.2. The van der Waals surface area contributed by atoms with E-state index in [-0.39, 0.29) is 29.3 Å². The van der Waals surface area contributed by atoms with E-state index in [4.69, 9.17) is 4.74 Å². The molecule has 0 radical (unpaired) electrons.